The van der Waals surface area contributed by atoms with Gasteiger partial charge in [-0.25, -0.2) is 4.79 Å². The van der Waals surface area contributed by atoms with Crippen LogP contribution in [0.15, 0.2) is 33.2 Å². The molecule has 150 valence electrons. The zero-order valence-corrected chi connectivity index (χ0v) is 16.0. The maximum Gasteiger partial charge on any atom is 0.349 e. The SMILES string of the molecule is CC(=O)C(N=Nc1nc(C(C)C)[nH]c(=O)n1)C(=O)Nc1ccc2c(c1)NC(=O)C2. The zero-order valence-electron chi connectivity index (χ0n) is 16.0. The number of fused-ring (bicyclic) bond motifs is 1. The number of carbonyl (C=O) groups excluding carboxylic acids is 3. The summed E-state index contributed by atoms with van der Waals surface area (Å²) in [6, 6.07) is 3.50. The van der Waals surface area contributed by atoms with E-state index in [9.17, 15) is 19.2 Å². The summed E-state index contributed by atoms with van der Waals surface area (Å²) in [6.45, 7) is 4.85. The quantitative estimate of drug-likeness (QED) is 0.494. The number of nitrogens with one attached hydrogen (secondary N) is 3. The molecule has 2 heterocycles. The van der Waals surface area contributed by atoms with Crippen molar-refractivity contribution in [3.05, 3.63) is 40.1 Å². The van der Waals surface area contributed by atoms with Gasteiger partial charge in [0.1, 0.15) is 5.82 Å². The first-order valence-corrected chi connectivity index (χ1v) is 8.86. The van der Waals surface area contributed by atoms with Gasteiger partial charge >= 0.3 is 5.69 Å². The van der Waals surface area contributed by atoms with E-state index in [2.05, 4.69) is 35.8 Å². The molecule has 3 rings (SSSR count). The molecule has 0 aliphatic carbocycles. The van der Waals surface area contributed by atoms with Crippen LogP contribution < -0.4 is 16.3 Å². The fourth-order valence-electron chi connectivity index (χ4n) is 2.64. The Balaban J connectivity index is 1.78. The molecular formula is C18H19N7O4. The lowest BCUT2D eigenvalue weighted by atomic mass is 10.1. The van der Waals surface area contributed by atoms with Gasteiger partial charge in [-0.2, -0.15) is 15.1 Å². The molecule has 3 N–H and O–H groups in total. The highest BCUT2D eigenvalue weighted by Gasteiger charge is 2.24. The first kappa shape index (κ1) is 20.0. The van der Waals surface area contributed by atoms with E-state index >= 15 is 0 Å². The summed E-state index contributed by atoms with van der Waals surface area (Å²) in [7, 11) is 0. The minimum Gasteiger partial charge on any atom is -0.325 e. The van der Waals surface area contributed by atoms with Crippen molar-refractivity contribution in [3.8, 4) is 0 Å². The molecule has 11 nitrogen and oxygen atoms in total. The highest BCUT2D eigenvalue weighted by Crippen LogP contribution is 2.26. The number of azo groups is 1. The largest absolute Gasteiger partial charge is 0.349 e. The highest BCUT2D eigenvalue weighted by molar-refractivity contribution is 6.10. The van der Waals surface area contributed by atoms with Crippen molar-refractivity contribution < 1.29 is 14.4 Å². The standard InChI is InChI=1S/C18H19N7O4/c1-8(2)15-21-17(23-18(29)22-15)25-24-14(9(3)26)16(28)19-11-5-4-10-6-13(27)20-12(10)7-11/h4-5,7-8,14H,6H2,1-3H3,(H,19,28)(H,20,27)(H,21,22,23,29). The summed E-state index contributed by atoms with van der Waals surface area (Å²) in [5.41, 5.74) is 1.17. The van der Waals surface area contributed by atoms with E-state index in [1.54, 1.807) is 18.2 Å². The van der Waals surface area contributed by atoms with Gasteiger partial charge in [-0.1, -0.05) is 19.9 Å². The Morgan fingerprint density at radius 3 is 2.66 bits per heavy atom. The monoisotopic (exact) mass is 397 g/mol. The molecule has 1 aliphatic heterocycles. The molecule has 0 saturated carbocycles. The fraction of sp³-hybridized carbons (Fsp3) is 0.333. The normalized spacial score (nSPS) is 14.0. The molecule has 0 saturated heterocycles. The van der Waals surface area contributed by atoms with E-state index in [-0.39, 0.29) is 24.2 Å². The van der Waals surface area contributed by atoms with Crippen molar-refractivity contribution in [2.45, 2.75) is 39.2 Å². The summed E-state index contributed by atoms with van der Waals surface area (Å²) in [6.07, 6.45) is 0.280. The molecule has 1 aliphatic rings. The van der Waals surface area contributed by atoms with E-state index in [0.717, 1.165) is 5.56 Å². The smallest absolute Gasteiger partial charge is 0.325 e. The Kier molecular flexibility index (Phi) is 5.57. The summed E-state index contributed by atoms with van der Waals surface area (Å²) in [5, 5.41) is 12.7. The number of hydrogen-bond acceptors (Lipinski definition) is 8. The predicted molar refractivity (Wildman–Crippen MR) is 103 cm³/mol. The number of carbonyl (C=O) groups is 3. The van der Waals surface area contributed by atoms with Gasteiger partial charge in [0.2, 0.25) is 11.9 Å². The third kappa shape index (κ3) is 4.75. The molecule has 2 aromatic rings. The number of Topliss-reactive ketones (excluding diaryl/α,β-unsaturated/α-hetero) is 1. The summed E-state index contributed by atoms with van der Waals surface area (Å²) >= 11 is 0. The first-order valence-electron chi connectivity index (χ1n) is 8.86. The number of H-pyrrole nitrogens is 1. The number of anilines is 2. The molecule has 29 heavy (non-hydrogen) atoms. The minimum absolute atomic E-state index is 0.0770. The fourth-order valence-corrected chi connectivity index (χ4v) is 2.64. The Labute approximate surface area is 165 Å². The van der Waals surface area contributed by atoms with Crippen LogP contribution in [0.1, 0.15) is 38.1 Å². The number of amides is 2. The second kappa shape index (κ2) is 8.09. The Morgan fingerprint density at radius 2 is 1.97 bits per heavy atom. The van der Waals surface area contributed by atoms with Crippen LogP contribution in [0.3, 0.4) is 0 Å². The van der Waals surface area contributed by atoms with Gasteiger partial charge in [0, 0.05) is 17.3 Å². The summed E-state index contributed by atoms with van der Waals surface area (Å²) in [5.74, 6) is -1.34. The number of ketones is 1. The molecule has 1 aromatic carbocycles. The van der Waals surface area contributed by atoms with E-state index in [1.165, 1.54) is 6.92 Å². The van der Waals surface area contributed by atoms with Gasteiger partial charge in [0.15, 0.2) is 5.78 Å². The molecule has 0 fully saturated rings. The van der Waals surface area contributed by atoms with E-state index in [4.69, 9.17) is 0 Å². The van der Waals surface area contributed by atoms with Crippen LogP contribution in [0.5, 0.6) is 0 Å². The number of aromatic amines is 1. The van der Waals surface area contributed by atoms with Gasteiger partial charge in [0.05, 0.1) is 6.42 Å². The molecule has 1 atom stereocenters. The van der Waals surface area contributed by atoms with Crippen molar-refractivity contribution in [2.75, 3.05) is 10.6 Å². The first-order chi connectivity index (χ1) is 13.7. The summed E-state index contributed by atoms with van der Waals surface area (Å²) in [4.78, 5) is 57.5. The third-order valence-electron chi connectivity index (χ3n) is 4.10. The lowest BCUT2D eigenvalue weighted by Gasteiger charge is -2.10. The van der Waals surface area contributed by atoms with Crippen LogP contribution >= 0.6 is 0 Å². The maximum absolute atomic E-state index is 12.5. The van der Waals surface area contributed by atoms with E-state index in [1.807, 2.05) is 13.8 Å². The number of nitrogens with zero attached hydrogens (tertiary/aromatic N) is 4. The third-order valence-corrected chi connectivity index (χ3v) is 4.10. The second-order valence-electron chi connectivity index (χ2n) is 6.81. The van der Waals surface area contributed by atoms with Crippen molar-refractivity contribution in [1.29, 1.82) is 0 Å². The topological polar surface area (TPSA) is 159 Å². The van der Waals surface area contributed by atoms with E-state index in [0.29, 0.717) is 17.2 Å². The second-order valence-corrected chi connectivity index (χ2v) is 6.81. The molecule has 1 aromatic heterocycles. The van der Waals surface area contributed by atoms with Crippen molar-refractivity contribution in [2.24, 2.45) is 10.2 Å². The number of aromatic nitrogens is 3. The molecule has 11 heteroatoms. The highest BCUT2D eigenvalue weighted by atomic mass is 16.2. The van der Waals surface area contributed by atoms with Gasteiger partial charge in [-0.3, -0.25) is 19.4 Å². The van der Waals surface area contributed by atoms with Crippen LogP contribution in [0.2, 0.25) is 0 Å². The molecule has 1 unspecified atom stereocenters. The van der Waals surface area contributed by atoms with Crippen LogP contribution in [0, 0.1) is 0 Å². The Morgan fingerprint density at radius 1 is 1.21 bits per heavy atom. The maximum atomic E-state index is 12.5. The van der Waals surface area contributed by atoms with Crippen LogP contribution in [-0.2, 0) is 20.8 Å². The predicted octanol–water partition coefficient (Wildman–Crippen LogP) is 1.46. The van der Waals surface area contributed by atoms with Crippen LogP contribution in [0.25, 0.3) is 0 Å². The zero-order chi connectivity index (χ0) is 21.1. The minimum atomic E-state index is -1.44. The molecule has 2 amide bonds. The van der Waals surface area contributed by atoms with Crippen molar-refractivity contribution in [1.82, 2.24) is 15.0 Å². The lowest BCUT2D eigenvalue weighted by molar-refractivity contribution is -0.126. The van der Waals surface area contributed by atoms with Gasteiger partial charge in [-0.05, 0) is 24.6 Å². The van der Waals surface area contributed by atoms with Crippen molar-refractivity contribution in [3.63, 3.8) is 0 Å². The lowest BCUT2D eigenvalue weighted by Crippen LogP contribution is -2.31. The Hall–Kier alpha value is -3.76. The molecular weight excluding hydrogens is 378 g/mol. The van der Waals surface area contributed by atoms with Crippen LogP contribution in [-0.4, -0.2) is 38.6 Å². The average molecular weight is 397 g/mol. The van der Waals surface area contributed by atoms with Crippen molar-refractivity contribution >= 4 is 34.9 Å². The Bertz CT molecular complexity index is 1070. The summed E-state index contributed by atoms with van der Waals surface area (Å²) < 4.78 is 0. The van der Waals surface area contributed by atoms with Gasteiger partial charge in [0.25, 0.3) is 11.9 Å². The van der Waals surface area contributed by atoms with E-state index < -0.39 is 23.4 Å². The average Bonchev–Trinajstić information content (AvgIpc) is 3.00. The number of hydrogen-bond donors (Lipinski definition) is 3. The number of rotatable bonds is 6. The number of benzene rings is 1. The van der Waals surface area contributed by atoms with Crippen LogP contribution in [0.4, 0.5) is 17.3 Å². The molecule has 0 spiro atoms. The van der Waals surface area contributed by atoms with Gasteiger partial charge in [-0.15, -0.1) is 5.11 Å². The van der Waals surface area contributed by atoms with Gasteiger partial charge < -0.3 is 10.6 Å². The molecule has 0 radical (unpaired) electrons. The molecule has 0 bridgehead atoms.